The van der Waals surface area contributed by atoms with Crippen molar-refractivity contribution in [1.29, 1.82) is 0 Å². The number of rotatable bonds is 4. The molecular weight excluding hydrogens is 309 g/mol. The molecule has 0 aliphatic carbocycles. The molecule has 1 aromatic heterocycles. The van der Waals surface area contributed by atoms with Gasteiger partial charge in [-0.05, 0) is 36.5 Å². The SMILES string of the molecule is CC1CCN(C(=O)c2cn(Cc3cccc(F)c3)nn2)C(CN)C1. The first kappa shape index (κ1) is 16.6. The summed E-state index contributed by atoms with van der Waals surface area (Å²) in [6.07, 6.45) is 3.50. The average molecular weight is 331 g/mol. The van der Waals surface area contributed by atoms with E-state index in [2.05, 4.69) is 17.2 Å². The van der Waals surface area contributed by atoms with Crippen molar-refractivity contribution >= 4 is 5.91 Å². The molecule has 2 heterocycles. The second-order valence-electron chi connectivity index (χ2n) is 6.45. The van der Waals surface area contributed by atoms with Crippen LogP contribution in [0.15, 0.2) is 30.5 Å². The van der Waals surface area contributed by atoms with E-state index in [1.165, 1.54) is 12.1 Å². The Labute approximate surface area is 140 Å². The third-order valence-electron chi connectivity index (χ3n) is 4.50. The highest BCUT2D eigenvalue weighted by molar-refractivity contribution is 5.92. The smallest absolute Gasteiger partial charge is 0.276 e. The Morgan fingerprint density at radius 2 is 2.29 bits per heavy atom. The van der Waals surface area contributed by atoms with Gasteiger partial charge in [0, 0.05) is 19.1 Å². The van der Waals surface area contributed by atoms with Gasteiger partial charge in [0.1, 0.15) is 5.82 Å². The van der Waals surface area contributed by atoms with E-state index >= 15 is 0 Å². The number of carbonyl (C=O) groups is 1. The van der Waals surface area contributed by atoms with Gasteiger partial charge in [0.15, 0.2) is 5.69 Å². The molecule has 3 rings (SSSR count). The molecule has 1 fully saturated rings. The van der Waals surface area contributed by atoms with Crippen LogP contribution in [0.2, 0.25) is 0 Å². The quantitative estimate of drug-likeness (QED) is 0.924. The van der Waals surface area contributed by atoms with Gasteiger partial charge in [-0.1, -0.05) is 24.3 Å². The van der Waals surface area contributed by atoms with Gasteiger partial charge in [-0.25, -0.2) is 9.07 Å². The highest BCUT2D eigenvalue weighted by Gasteiger charge is 2.30. The summed E-state index contributed by atoms with van der Waals surface area (Å²) in [5.41, 5.74) is 6.90. The number of benzene rings is 1. The van der Waals surface area contributed by atoms with Crippen LogP contribution in [0.25, 0.3) is 0 Å². The Bertz CT molecular complexity index is 717. The molecule has 2 N–H and O–H groups in total. The first-order chi connectivity index (χ1) is 11.6. The first-order valence-corrected chi connectivity index (χ1v) is 8.22. The van der Waals surface area contributed by atoms with Crippen LogP contribution in [0, 0.1) is 11.7 Å². The van der Waals surface area contributed by atoms with Crippen molar-refractivity contribution < 1.29 is 9.18 Å². The van der Waals surface area contributed by atoms with Crippen molar-refractivity contribution in [2.24, 2.45) is 11.7 Å². The molecule has 1 aliphatic heterocycles. The highest BCUT2D eigenvalue weighted by atomic mass is 19.1. The van der Waals surface area contributed by atoms with Crippen LogP contribution < -0.4 is 5.73 Å². The van der Waals surface area contributed by atoms with E-state index in [0.29, 0.717) is 31.2 Å². The molecule has 0 spiro atoms. The largest absolute Gasteiger partial charge is 0.333 e. The fourth-order valence-electron chi connectivity index (χ4n) is 3.19. The van der Waals surface area contributed by atoms with Gasteiger partial charge in [-0.2, -0.15) is 0 Å². The van der Waals surface area contributed by atoms with Crippen LogP contribution >= 0.6 is 0 Å². The zero-order chi connectivity index (χ0) is 17.1. The number of carbonyl (C=O) groups excluding carboxylic acids is 1. The Morgan fingerprint density at radius 3 is 3.04 bits per heavy atom. The monoisotopic (exact) mass is 331 g/mol. The molecule has 7 heteroatoms. The maximum absolute atomic E-state index is 13.2. The van der Waals surface area contributed by atoms with E-state index in [9.17, 15) is 9.18 Å². The molecule has 1 aromatic carbocycles. The van der Waals surface area contributed by atoms with Gasteiger partial charge in [0.25, 0.3) is 5.91 Å². The van der Waals surface area contributed by atoms with Crippen molar-refractivity contribution in [1.82, 2.24) is 19.9 Å². The minimum Gasteiger partial charge on any atom is -0.333 e. The molecule has 0 bridgehead atoms. The molecule has 2 aromatic rings. The first-order valence-electron chi connectivity index (χ1n) is 8.22. The summed E-state index contributed by atoms with van der Waals surface area (Å²) < 4.78 is 14.8. The summed E-state index contributed by atoms with van der Waals surface area (Å²) in [6.45, 7) is 3.70. The fraction of sp³-hybridized carbons (Fsp3) is 0.471. The number of aromatic nitrogens is 3. The van der Waals surface area contributed by atoms with E-state index in [4.69, 9.17) is 5.73 Å². The molecule has 1 saturated heterocycles. The summed E-state index contributed by atoms with van der Waals surface area (Å²) in [4.78, 5) is 14.5. The summed E-state index contributed by atoms with van der Waals surface area (Å²) in [6, 6.07) is 6.34. The molecular formula is C17H22FN5O. The van der Waals surface area contributed by atoms with Crippen LogP contribution in [-0.4, -0.2) is 44.9 Å². The van der Waals surface area contributed by atoms with E-state index in [-0.39, 0.29) is 17.8 Å². The highest BCUT2D eigenvalue weighted by Crippen LogP contribution is 2.23. The second-order valence-corrected chi connectivity index (χ2v) is 6.45. The predicted octanol–water partition coefficient (Wildman–Crippen LogP) is 1.66. The Hall–Kier alpha value is -2.28. The lowest BCUT2D eigenvalue weighted by Gasteiger charge is -2.37. The fourth-order valence-corrected chi connectivity index (χ4v) is 3.19. The third-order valence-corrected chi connectivity index (χ3v) is 4.50. The molecule has 0 radical (unpaired) electrons. The lowest BCUT2D eigenvalue weighted by molar-refractivity contribution is 0.0567. The topological polar surface area (TPSA) is 77.0 Å². The minimum absolute atomic E-state index is 0.0506. The number of halogens is 1. The van der Waals surface area contributed by atoms with Crippen molar-refractivity contribution in [3.63, 3.8) is 0 Å². The number of nitrogens with zero attached hydrogens (tertiary/aromatic N) is 4. The number of nitrogens with two attached hydrogens (primary N) is 1. The molecule has 6 nitrogen and oxygen atoms in total. The number of likely N-dealkylation sites (tertiary alicyclic amines) is 1. The van der Waals surface area contributed by atoms with Crippen molar-refractivity contribution in [3.8, 4) is 0 Å². The summed E-state index contributed by atoms with van der Waals surface area (Å²) in [5, 5.41) is 7.97. The molecule has 2 atom stereocenters. The number of piperidine rings is 1. The van der Waals surface area contributed by atoms with E-state index in [1.54, 1.807) is 21.8 Å². The Kier molecular flexibility index (Phi) is 4.89. The molecule has 1 aliphatic rings. The maximum Gasteiger partial charge on any atom is 0.276 e. The van der Waals surface area contributed by atoms with E-state index < -0.39 is 0 Å². The van der Waals surface area contributed by atoms with Crippen LogP contribution in [0.3, 0.4) is 0 Å². The zero-order valence-corrected chi connectivity index (χ0v) is 13.7. The molecule has 2 unspecified atom stereocenters. The van der Waals surface area contributed by atoms with Crippen molar-refractivity contribution in [3.05, 3.63) is 47.5 Å². The van der Waals surface area contributed by atoms with Gasteiger partial charge in [0.2, 0.25) is 0 Å². The lowest BCUT2D eigenvalue weighted by atomic mass is 9.92. The van der Waals surface area contributed by atoms with Crippen molar-refractivity contribution in [2.75, 3.05) is 13.1 Å². The van der Waals surface area contributed by atoms with Gasteiger partial charge < -0.3 is 10.6 Å². The third kappa shape index (κ3) is 3.62. The van der Waals surface area contributed by atoms with E-state index in [1.807, 2.05) is 6.07 Å². The predicted molar refractivity (Wildman–Crippen MR) is 87.8 cm³/mol. The summed E-state index contributed by atoms with van der Waals surface area (Å²) in [5.74, 6) is 0.145. The van der Waals surface area contributed by atoms with Crippen LogP contribution in [0.1, 0.15) is 35.8 Å². The van der Waals surface area contributed by atoms with Crippen molar-refractivity contribution in [2.45, 2.75) is 32.4 Å². The van der Waals surface area contributed by atoms with Gasteiger partial charge in [0.05, 0.1) is 12.7 Å². The van der Waals surface area contributed by atoms with Crippen LogP contribution in [0.5, 0.6) is 0 Å². The second kappa shape index (κ2) is 7.09. The normalized spacial score (nSPS) is 21.0. The molecule has 0 saturated carbocycles. The van der Waals surface area contributed by atoms with Gasteiger partial charge in [-0.15, -0.1) is 5.10 Å². The standard InChI is InChI=1S/C17H22FN5O/c1-12-5-6-23(15(7-12)9-19)17(24)16-11-22(21-20-16)10-13-3-2-4-14(18)8-13/h2-4,8,11-12,15H,5-7,9-10,19H2,1H3. The average Bonchev–Trinajstić information content (AvgIpc) is 3.02. The summed E-state index contributed by atoms with van der Waals surface area (Å²) in [7, 11) is 0. The number of hydrogen-bond donors (Lipinski definition) is 1. The maximum atomic E-state index is 13.2. The molecule has 1 amide bonds. The van der Waals surface area contributed by atoms with E-state index in [0.717, 1.165) is 18.4 Å². The van der Waals surface area contributed by atoms with Crippen LogP contribution in [0.4, 0.5) is 4.39 Å². The van der Waals surface area contributed by atoms with Crippen LogP contribution in [-0.2, 0) is 6.54 Å². The summed E-state index contributed by atoms with van der Waals surface area (Å²) >= 11 is 0. The Balaban J connectivity index is 1.71. The van der Waals surface area contributed by atoms with Gasteiger partial charge in [-0.3, -0.25) is 4.79 Å². The minimum atomic E-state index is -0.294. The molecule has 24 heavy (non-hydrogen) atoms. The van der Waals surface area contributed by atoms with Gasteiger partial charge >= 0.3 is 0 Å². The zero-order valence-electron chi connectivity index (χ0n) is 13.7. The Morgan fingerprint density at radius 1 is 1.46 bits per heavy atom. The number of amides is 1. The molecule has 128 valence electrons. The lowest BCUT2D eigenvalue weighted by Crippen LogP contribution is -2.49. The number of hydrogen-bond acceptors (Lipinski definition) is 4.